The molecule has 0 fully saturated rings. The fraction of sp³-hybridized carbons (Fsp3) is 0.333. The van der Waals surface area contributed by atoms with Crippen LogP contribution >= 0.6 is 0 Å². The molecule has 1 heterocycles. The average Bonchev–Trinajstić information content (AvgIpc) is 2.31. The molecule has 0 amide bonds. The summed E-state index contributed by atoms with van der Waals surface area (Å²) in [5.41, 5.74) is 2.37. The van der Waals surface area contributed by atoms with E-state index in [1.54, 1.807) is 26.0 Å². The van der Waals surface area contributed by atoms with Crippen LogP contribution in [0.3, 0.4) is 0 Å². The van der Waals surface area contributed by atoms with Crippen LogP contribution in [0.25, 0.3) is 11.4 Å². The number of nitrogens with zero attached hydrogens (tertiary/aromatic N) is 1. The van der Waals surface area contributed by atoms with Crippen LogP contribution in [0.2, 0.25) is 0 Å². The van der Waals surface area contributed by atoms with Crippen LogP contribution in [0.5, 0.6) is 0 Å². The molecule has 100 valence electrons. The Morgan fingerprint density at radius 2 is 1.95 bits per heavy atom. The summed E-state index contributed by atoms with van der Waals surface area (Å²) in [6.07, 6.45) is 0. The van der Waals surface area contributed by atoms with Crippen LogP contribution in [0.15, 0.2) is 23.0 Å². The normalized spacial score (nSPS) is 11.1. The summed E-state index contributed by atoms with van der Waals surface area (Å²) in [5.74, 6) is 0.219. The minimum absolute atomic E-state index is 0.111. The van der Waals surface area contributed by atoms with Crippen molar-refractivity contribution < 1.29 is 4.39 Å². The van der Waals surface area contributed by atoms with E-state index < -0.39 is 0 Å². The van der Waals surface area contributed by atoms with E-state index in [4.69, 9.17) is 0 Å². The number of H-pyrrole nitrogens is 1. The quantitative estimate of drug-likeness (QED) is 0.900. The molecular formula is C15H17FN2O. The van der Waals surface area contributed by atoms with E-state index in [9.17, 15) is 9.18 Å². The Balaban J connectivity index is 2.58. The number of rotatable bonds is 2. The van der Waals surface area contributed by atoms with Crippen molar-refractivity contribution in [3.63, 3.8) is 0 Å². The van der Waals surface area contributed by atoms with Gasteiger partial charge in [0.05, 0.1) is 0 Å². The number of benzene rings is 1. The lowest BCUT2D eigenvalue weighted by Gasteiger charge is -2.10. The molecule has 19 heavy (non-hydrogen) atoms. The SMILES string of the molecule is Cc1ccc(-c2nc(C)c(C(C)C)c(=O)[nH]2)cc1F. The Kier molecular flexibility index (Phi) is 3.51. The molecular weight excluding hydrogens is 243 g/mol. The maximum absolute atomic E-state index is 13.6. The van der Waals surface area contributed by atoms with Crippen molar-refractivity contribution in [2.24, 2.45) is 0 Å². The van der Waals surface area contributed by atoms with E-state index in [0.717, 1.165) is 0 Å². The molecule has 1 N–H and O–H groups in total. The van der Waals surface area contributed by atoms with Crippen LogP contribution in [-0.2, 0) is 0 Å². The number of halogens is 1. The van der Waals surface area contributed by atoms with Crippen molar-refractivity contribution in [1.29, 1.82) is 0 Å². The lowest BCUT2D eigenvalue weighted by Crippen LogP contribution is -2.18. The minimum Gasteiger partial charge on any atom is -0.306 e. The molecule has 0 saturated heterocycles. The zero-order valence-corrected chi connectivity index (χ0v) is 11.5. The molecule has 0 radical (unpaired) electrons. The molecule has 2 aromatic rings. The van der Waals surface area contributed by atoms with Crippen LogP contribution in [0.1, 0.15) is 36.6 Å². The van der Waals surface area contributed by atoms with Gasteiger partial charge in [-0.05, 0) is 31.4 Å². The van der Waals surface area contributed by atoms with Gasteiger partial charge in [-0.15, -0.1) is 0 Å². The van der Waals surface area contributed by atoms with Crippen LogP contribution < -0.4 is 5.56 Å². The van der Waals surface area contributed by atoms with Crippen molar-refractivity contribution in [2.45, 2.75) is 33.6 Å². The Morgan fingerprint density at radius 1 is 1.26 bits per heavy atom. The third-order valence-electron chi connectivity index (χ3n) is 3.17. The number of aromatic amines is 1. The van der Waals surface area contributed by atoms with Gasteiger partial charge in [0.1, 0.15) is 11.6 Å². The molecule has 3 nitrogen and oxygen atoms in total. The smallest absolute Gasteiger partial charge is 0.254 e. The second kappa shape index (κ2) is 4.96. The molecule has 0 aliphatic heterocycles. The highest BCUT2D eigenvalue weighted by atomic mass is 19.1. The summed E-state index contributed by atoms with van der Waals surface area (Å²) in [5, 5.41) is 0. The second-order valence-electron chi connectivity index (χ2n) is 5.03. The molecule has 0 aliphatic carbocycles. The third-order valence-corrected chi connectivity index (χ3v) is 3.17. The molecule has 1 aromatic heterocycles. The van der Waals surface area contributed by atoms with Gasteiger partial charge in [-0.3, -0.25) is 4.79 Å². The van der Waals surface area contributed by atoms with E-state index in [1.165, 1.54) is 6.07 Å². The maximum atomic E-state index is 13.6. The average molecular weight is 260 g/mol. The summed E-state index contributed by atoms with van der Waals surface area (Å²) in [7, 11) is 0. The highest BCUT2D eigenvalue weighted by molar-refractivity contribution is 5.56. The topological polar surface area (TPSA) is 45.8 Å². The predicted molar refractivity (Wildman–Crippen MR) is 73.8 cm³/mol. The van der Waals surface area contributed by atoms with Gasteiger partial charge < -0.3 is 4.98 Å². The van der Waals surface area contributed by atoms with E-state index >= 15 is 0 Å². The van der Waals surface area contributed by atoms with Gasteiger partial charge >= 0.3 is 0 Å². The first kappa shape index (κ1) is 13.5. The Hall–Kier alpha value is -1.97. The molecule has 0 spiro atoms. The summed E-state index contributed by atoms with van der Waals surface area (Å²) in [4.78, 5) is 19.1. The first-order chi connectivity index (χ1) is 8.90. The zero-order chi connectivity index (χ0) is 14.2. The van der Waals surface area contributed by atoms with Gasteiger partial charge in [0, 0.05) is 16.8 Å². The molecule has 0 saturated carbocycles. The molecule has 2 rings (SSSR count). The standard InChI is InChI=1S/C15H17FN2O/c1-8(2)13-10(4)17-14(18-15(13)19)11-6-5-9(3)12(16)7-11/h5-8H,1-4H3,(H,17,18,19). The Labute approximate surface area is 111 Å². The molecule has 4 heteroatoms. The largest absolute Gasteiger partial charge is 0.306 e. The maximum Gasteiger partial charge on any atom is 0.254 e. The Bertz CT molecular complexity index is 674. The molecule has 0 aliphatic rings. The number of nitrogens with one attached hydrogen (secondary N) is 1. The summed E-state index contributed by atoms with van der Waals surface area (Å²) in [6, 6.07) is 4.82. The zero-order valence-electron chi connectivity index (χ0n) is 11.5. The fourth-order valence-corrected chi connectivity index (χ4v) is 2.15. The van der Waals surface area contributed by atoms with E-state index in [0.29, 0.717) is 28.2 Å². The number of aromatic nitrogens is 2. The number of hydrogen-bond acceptors (Lipinski definition) is 2. The van der Waals surface area contributed by atoms with Gasteiger partial charge in [0.2, 0.25) is 0 Å². The monoisotopic (exact) mass is 260 g/mol. The fourth-order valence-electron chi connectivity index (χ4n) is 2.15. The van der Waals surface area contributed by atoms with Crippen molar-refractivity contribution >= 4 is 0 Å². The lowest BCUT2D eigenvalue weighted by molar-refractivity contribution is 0.619. The summed E-state index contributed by atoms with van der Waals surface area (Å²) in [6.45, 7) is 7.40. The minimum atomic E-state index is -0.300. The number of hydrogen-bond donors (Lipinski definition) is 1. The van der Waals surface area contributed by atoms with E-state index in [2.05, 4.69) is 9.97 Å². The van der Waals surface area contributed by atoms with Crippen molar-refractivity contribution in [2.75, 3.05) is 0 Å². The van der Waals surface area contributed by atoms with Gasteiger partial charge in [-0.2, -0.15) is 0 Å². The van der Waals surface area contributed by atoms with Gasteiger partial charge in [-0.25, -0.2) is 9.37 Å². The first-order valence-electron chi connectivity index (χ1n) is 6.27. The van der Waals surface area contributed by atoms with Crippen molar-refractivity contribution in [3.8, 4) is 11.4 Å². The van der Waals surface area contributed by atoms with Gasteiger partial charge in [0.25, 0.3) is 5.56 Å². The highest BCUT2D eigenvalue weighted by Gasteiger charge is 2.13. The number of aryl methyl sites for hydroxylation is 2. The van der Waals surface area contributed by atoms with Gasteiger partial charge in [-0.1, -0.05) is 26.0 Å². The first-order valence-corrected chi connectivity index (χ1v) is 6.27. The Morgan fingerprint density at radius 3 is 2.47 bits per heavy atom. The molecule has 1 aromatic carbocycles. The lowest BCUT2D eigenvalue weighted by atomic mass is 10.0. The van der Waals surface area contributed by atoms with Crippen molar-refractivity contribution in [3.05, 3.63) is 51.2 Å². The molecule has 0 bridgehead atoms. The van der Waals surface area contributed by atoms with Crippen LogP contribution in [0.4, 0.5) is 4.39 Å². The summed E-state index contributed by atoms with van der Waals surface area (Å²) >= 11 is 0. The van der Waals surface area contributed by atoms with Gasteiger partial charge in [0.15, 0.2) is 0 Å². The summed E-state index contributed by atoms with van der Waals surface area (Å²) < 4.78 is 13.6. The van der Waals surface area contributed by atoms with Crippen LogP contribution in [-0.4, -0.2) is 9.97 Å². The van der Waals surface area contributed by atoms with E-state index in [-0.39, 0.29) is 17.3 Å². The van der Waals surface area contributed by atoms with E-state index in [1.807, 2.05) is 13.8 Å². The van der Waals surface area contributed by atoms with Crippen LogP contribution in [0, 0.1) is 19.7 Å². The second-order valence-corrected chi connectivity index (χ2v) is 5.03. The molecule has 0 atom stereocenters. The predicted octanol–water partition coefficient (Wildman–Crippen LogP) is 3.32. The van der Waals surface area contributed by atoms with Crippen molar-refractivity contribution in [1.82, 2.24) is 9.97 Å². The third kappa shape index (κ3) is 2.57. The highest BCUT2D eigenvalue weighted by Crippen LogP contribution is 2.20. The molecule has 0 unspecified atom stereocenters.